The first-order valence-electron chi connectivity index (χ1n) is 5.47. The molecule has 84 valence electrons. The third-order valence-corrected chi connectivity index (χ3v) is 3.13. The molecule has 0 spiro atoms. The van der Waals surface area contributed by atoms with Gasteiger partial charge in [0.1, 0.15) is 5.76 Å². The Kier molecular flexibility index (Phi) is 2.85. The molecule has 0 fully saturated rings. The molecule has 1 aromatic rings. The largest absolute Gasteiger partial charge is 0.467 e. The first-order valence-corrected chi connectivity index (χ1v) is 5.47. The van der Waals surface area contributed by atoms with Crippen LogP contribution in [-0.4, -0.2) is 19.3 Å². The van der Waals surface area contributed by atoms with Gasteiger partial charge in [-0.25, -0.2) is 0 Å². The van der Waals surface area contributed by atoms with Crippen LogP contribution in [0.5, 0.6) is 0 Å². The summed E-state index contributed by atoms with van der Waals surface area (Å²) in [5.74, 6) is 1.09. The van der Waals surface area contributed by atoms with Crippen LogP contribution in [-0.2, 0) is 11.2 Å². The highest BCUT2D eigenvalue weighted by Gasteiger charge is 2.29. The van der Waals surface area contributed by atoms with Crippen molar-refractivity contribution in [2.24, 2.45) is 0 Å². The molecule has 3 heteroatoms. The van der Waals surface area contributed by atoms with Crippen LogP contribution in [0.15, 0.2) is 16.7 Å². The van der Waals surface area contributed by atoms with E-state index in [-0.39, 0.29) is 5.60 Å². The van der Waals surface area contributed by atoms with E-state index in [0.29, 0.717) is 6.04 Å². The zero-order valence-electron chi connectivity index (χ0n) is 9.67. The number of fused-ring (bicyclic) bond motifs is 1. The summed E-state index contributed by atoms with van der Waals surface area (Å²) in [5.41, 5.74) is 1.23. The normalized spacial score (nSPS) is 21.4. The molecule has 1 unspecified atom stereocenters. The smallest absolute Gasteiger partial charge is 0.124 e. The molecule has 3 nitrogen and oxygen atoms in total. The van der Waals surface area contributed by atoms with Gasteiger partial charge in [-0.3, -0.25) is 0 Å². The van der Waals surface area contributed by atoms with E-state index in [4.69, 9.17) is 9.15 Å². The quantitative estimate of drug-likeness (QED) is 0.829. The molecule has 0 radical (unpaired) electrons. The zero-order valence-corrected chi connectivity index (χ0v) is 9.67. The highest BCUT2D eigenvalue weighted by atomic mass is 16.5. The Morgan fingerprint density at radius 3 is 3.13 bits per heavy atom. The summed E-state index contributed by atoms with van der Waals surface area (Å²) >= 11 is 0. The van der Waals surface area contributed by atoms with Crippen LogP contribution in [0.4, 0.5) is 0 Å². The molecule has 1 aliphatic rings. The van der Waals surface area contributed by atoms with Gasteiger partial charge in [0.15, 0.2) is 0 Å². The first kappa shape index (κ1) is 10.7. The third kappa shape index (κ3) is 2.24. The Balaban J connectivity index is 2.13. The summed E-state index contributed by atoms with van der Waals surface area (Å²) in [6.45, 7) is 5.23. The van der Waals surface area contributed by atoms with Gasteiger partial charge in [0.05, 0.1) is 17.9 Å². The van der Waals surface area contributed by atoms with Crippen LogP contribution < -0.4 is 5.32 Å². The topological polar surface area (TPSA) is 34.4 Å². The molecular formula is C12H19NO2. The average molecular weight is 209 g/mol. The molecule has 0 saturated carbocycles. The van der Waals surface area contributed by atoms with Crippen molar-refractivity contribution < 1.29 is 9.15 Å². The lowest BCUT2D eigenvalue weighted by molar-refractivity contribution is 0.00438. The molecule has 2 rings (SSSR count). The number of furan rings is 1. The fourth-order valence-corrected chi connectivity index (χ4v) is 2.07. The van der Waals surface area contributed by atoms with Crippen LogP contribution >= 0.6 is 0 Å². The second kappa shape index (κ2) is 3.99. The summed E-state index contributed by atoms with van der Waals surface area (Å²) in [6.07, 6.45) is 3.78. The van der Waals surface area contributed by atoms with E-state index >= 15 is 0 Å². The summed E-state index contributed by atoms with van der Waals surface area (Å²) < 4.78 is 11.0. The molecule has 0 saturated heterocycles. The van der Waals surface area contributed by atoms with E-state index in [1.165, 1.54) is 5.56 Å². The molecule has 1 N–H and O–H groups in total. The van der Waals surface area contributed by atoms with E-state index in [0.717, 1.165) is 25.1 Å². The summed E-state index contributed by atoms with van der Waals surface area (Å²) in [6, 6.07) is 2.36. The van der Waals surface area contributed by atoms with E-state index in [1.54, 1.807) is 13.4 Å². The first-order chi connectivity index (χ1) is 7.12. The maximum atomic E-state index is 5.54. The van der Waals surface area contributed by atoms with Crippen LogP contribution in [0.25, 0.3) is 0 Å². The molecule has 1 aliphatic heterocycles. The number of methoxy groups -OCH3 is 1. The van der Waals surface area contributed by atoms with Gasteiger partial charge in [0, 0.05) is 7.11 Å². The SMILES string of the molecule is COC(C)(C)CC1NCCc2ccoc21. The van der Waals surface area contributed by atoms with Gasteiger partial charge in [-0.1, -0.05) is 0 Å². The van der Waals surface area contributed by atoms with Crippen LogP contribution in [0, 0.1) is 0 Å². The minimum atomic E-state index is -0.112. The van der Waals surface area contributed by atoms with E-state index in [2.05, 4.69) is 25.2 Å². The summed E-state index contributed by atoms with van der Waals surface area (Å²) in [4.78, 5) is 0. The molecule has 0 bridgehead atoms. The molecule has 1 aromatic heterocycles. The van der Waals surface area contributed by atoms with Crippen molar-refractivity contribution in [3.05, 3.63) is 23.7 Å². The van der Waals surface area contributed by atoms with Gasteiger partial charge in [-0.2, -0.15) is 0 Å². The number of nitrogens with one attached hydrogen (secondary N) is 1. The van der Waals surface area contributed by atoms with Gasteiger partial charge < -0.3 is 14.5 Å². The minimum absolute atomic E-state index is 0.112. The van der Waals surface area contributed by atoms with Crippen molar-refractivity contribution in [2.45, 2.75) is 38.3 Å². The standard InChI is InChI=1S/C12H19NO2/c1-12(2,14-3)8-10-11-9(4-6-13-10)5-7-15-11/h5,7,10,13H,4,6,8H2,1-3H3. The third-order valence-electron chi connectivity index (χ3n) is 3.13. The van der Waals surface area contributed by atoms with Crippen LogP contribution in [0.1, 0.15) is 37.6 Å². The molecule has 15 heavy (non-hydrogen) atoms. The van der Waals surface area contributed by atoms with Crippen molar-refractivity contribution in [1.29, 1.82) is 0 Å². The second-order valence-corrected chi connectivity index (χ2v) is 4.73. The Labute approximate surface area is 90.8 Å². The van der Waals surface area contributed by atoms with Gasteiger partial charge in [0.2, 0.25) is 0 Å². The van der Waals surface area contributed by atoms with Gasteiger partial charge >= 0.3 is 0 Å². The van der Waals surface area contributed by atoms with Gasteiger partial charge in [-0.05, 0) is 44.9 Å². The minimum Gasteiger partial charge on any atom is -0.467 e. The highest BCUT2D eigenvalue weighted by molar-refractivity contribution is 5.23. The fraction of sp³-hybridized carbons (Fsp3) is 0.667. The molecular weight excluding hydrogens is 190 g/mol. The lowest BCUT2D eigenvalue weighted by Gasteiger charge is -2.30. The number of hydrogen-bond donors (Lipinski definition) is 1. The Morgan fingerprint density at radius 2 is 2.40 bits per heavy atom. The number of hydrogen-bond acceptors (Lipinski definition) is 3. The predicted molar refractivity (Wildman–Crippen MR) is 58.9 cm³/mol. The Hall–Kier alpha value is -0.800. The molecule has 2 heterocycles. The lowest BCUT2D eigenvalue weighted by Crippen LogP contribution is -2.35. The maximum absolute atomic E-state index is 5.54. The van der Waals surface area contributed by atoms with Gasteiger partial charge in [0.25, 0.3) is 0 Å². The second-order valence-electron chi connectivity index (χ2n) is 4.73. The molecule has 1 atom stereocenters. The van der Waals surface area contributed by atoms with Crippen molar-refractivity contribution in [3.63, 3.8) is 0 Å². The Bertz CT molecular complexity index is 330. The lowest BCUT2D eigenvalue weighted by atomic mass is 9.92. The molecule has 0 aliphatic carbocycles. The van der Waals surface area contributed by atoms with Crippen molar-refractivity contribution in [2.75, 3.05) is 13.7 Å². The Morgan fingerprint density at radius 1 is 1.60 bits per heavy atom. The summed E-state index contributed by atoms with van der Waals surface area (Å²) in [7, 11) is 1.76. The van der Waals surface area contributed by atoms with Crippen LogP contribution in [0.2, 0.25) is 0 Å². The van der Waals surface area contributed by atoms with Crippen molar-refractivity contribution in [1.82, 2.24) is 5.32 Å². The van der Waals surface area contributed by atoms with E-state index in [1.807, 2.05) is 0 Å². The van der Waals surface area contributed by atoms with Crippen molar-refractivity contribution in [3.8, 4) is 0 Å². The van der Waals surface area contributed by atoms with E-state index in [9.17, 15) is 0 Å². The summed E-state index contributed by atoms with van der Waals surface area (Å²) in [5, 5.41) is 3.48. The molecule has 0 amide bonds. The fourth-order valence-electron chi connectivity index (χ4n) is 2.07. The highest BCUT2D eigenvalue weighted by Crippen LogP contribution is 2.31. The number of rotatable bonds is 3. The van der Waals surface area contributed by atoms with Crippen LogP contribution in [0.3, 0.4) is 0 Å². The average Bonchev–Trinajstić information content (AvgIpc) is 2.66. The zero-order chi connectivity index (χ0) is 10.9. The van der Waals surface area contributed by atoms with Gasteiger partial charge in [-0.15, -0.1) is 0 Å². The van der Waals surface area contributed by atoms with Crippen molar-refractivity contribution >= 4 is 0 Å². The predicted octanol–water partition coefficient (Wildman–Crippen LogP) is 2.28. The maximum Gasteiger partial charge on any atom is 0.124 e. The monoisotopic (exact) mass is 209 g/mol. The molecule has 0 aromatic carbocycles. The van der Waals surface area contributed by atoms with E-state index < -0.39 is 0 Å². The number of ether oxygens (including phenoxy) is 1.